The molecule has 28 heavy (non-hydrogen) atoms. The number of anilines is 1. The SMILES string of the molecule is C[C@H](Sc1nncn1C)c1cccc(NC(=O)N2CC3(CCOC(=O)N3)C2)c1. The molecule has 0 aliphatic carbocycles. The van der Waals surface area contributed by atoms with Gasteiger partial charge in [0.2, 0.25) is 0 Å². The van der Waals surface area contributed by atoms with E-state index in [4.69, 9.17) is 4.74 Å². The smallest absolute Gasteiger partial charge is 0.407 e. The Bertz CT molecular complexity index is 895. The van der Waals surface area contributed by atoms with Crippen molar-refractivity contribution in [3.8, 4) is 0 Å². The molecule has 0 radical (unpaired) electrons. The number of thioether (sulfide) groups is 1. The third-order valence-corrected chi connectivity index (χ3v) is 6.22. The molecular formula is C18H22N6O3S. The first kappa shape index (κ1) is 18.6. The highest BCUT2D eigenvalue weighted by atomic mass is 32.2. The molecule has 2 fully saturated rings. The van der Waals surface area contributed by atoms with E-state index in [1.54, 1.807) is 23.0 Å². The molecule has 3 amide bonds. The van der Waals surface area contributed by atoms with Crippen molar-refractivity contribution < 1.29 is 14.3 Å². The van der Waals surface area contributed by atoms with Crippen LogP contribution in [-0.2, 0) is 11.8 Å². The number of rotatable bonds is 4. The minimum Gasteiger partial charge on any atom is -0.449 e. The van der Waals surface area contributed by atoms with Gasteiger partial charge in [-0.05, 0) is 24.6 Å². The first-order valence-electron chi connectivity index (χ1n) is 9.06. The van der Waals surface area contributed by atoms with E-state index >= 15 is 0 Å². The van der Waals surface area contributed by atoms with Crippen LogP contribution in [0.3, 0.4) is 0 Å². The van der Waals surface area contributed by atoms with Crippen molar-refractivity contribution in [1.29, 1.82) is 0 Å². The zero-order chi connectivity index (χ0) is 19.7. The number of carbonyl (C=O) groups excluding carboxylic acids is 2. The van der Waals surface area contributed by atoms with Gasteiger partial charge in [0, 0.05) is 37.5 Å². The molecule has 0 bridgehead atoms. The van der Waals surface area contributed by atoms with Crippen molar-refractivity contribution in [3.05, 3.63) is 36.2 Å². The van der Waals surface area contributed by atoms with Gasteiger partial charge in [-0.15, -0.1) is 10.2 Å². The molecule has 148 valence electrons. The van der Waals surface area contributed by atoms with Crippen molar-refractivity contribution in [2.45, 2.75) is 29.3 Å². The molecule has 3 heterocycles. The number of likely N-dealkylation sites (tertiary alicyclic amines) is 1. The number of amides is 3. The van der Waals surface area contributed by atoms with Gasteiger partial charge in [0.15, 0.2) is 5.16 Å². The summed E-state index contributed by atoms with van der Waals surface area (Å²) in [5.74, 6) is 0. The van der Waals surface area contributed by atoms with Crippen LogP contribution in [0, 0.1) is 0 Å². The van der Waals surface area contributed by atoms with Crippen LogP contribution < -0.4 is 10.6 Å². The van der Waals surface area contributed by atoms with Crippen LogP contribution in [0.1, 0.15) is 24.2 Å². The normalized spacial score (nSPS) is 18.8. The molecule has 0 saturated carbocycles. The number of nitrogens with zero attached hydrogens (tertiary/aromatic N) is 4. The molecule has 1 aromatic heterocycles. The number of cyclic esters (lactones) is 1. The molecule has 1 aromatic carbocycles. The summed E-state index contributed by atoms with van der Waals surface area (Å²) in [4.78, 5) is 25.6. The minimum absolute atomic E-state index is 0.157. The second-order valence-corrected chi connectivity index (χ2v) is 8.50. The number of benzene rings is 1. The number of alkyl carbamates (subject to hydrolysis) is 1. The fourth-order valence-electron chi connectivity index (χ4n) is 3.40. The lowest BCUT2D eigenvalue weighted by Gasteiger charge is -2.51. The van der Waals surface area contributed by atoms with Crippen LogP contribution in [-0.4, -0.2) is 57.0 Å². The summed E-state index contributed by atoms with van der Waals surface area (Å²) in [6.07, 6.45) is 1.98. The van der Waals surface area contributed by atoms with Crippen LogP contribution in [0.4, 0.5) is 15.3 Å². The quantitative estimate of drug-likeness (QED) is 0.762. The van der Waals surface area contributed by atoms with Gasteiger partial charge >= 0.3 is 12.1 Å². The van der Waals surface area contributed by atoms with E-state index in [-0.39, 0.29) is 16.8 Å². The summed E-state index contributed by atoms with van der Waals surface area (Å²) in [7, 11) is 1.91. The van der Waals surface area contributed by atoms with Crippen LogP contribution in [0.5, 0.6) is 0 Å². The van der Waals surface area contributed by atoms with Gasteiger partial charge in [-0.25, -0.2) is 9.59 Å². The van der Waals surface area contributed by atoms with Crippen molar-refractivity contribution in [2.75, 3.05) is 25.0 Å². The average Bonchev–Trinajstić information content (AvgIpc) is 3.04. The summed E-state index contributed by atoms with van der Waals surface area (Å²) < 4.78 is 6.78. The first-order valence-corrected chi connectivity index (χ1v) is 9.94. The molecule has 1 spiro atoms. The Morgan fingerprint density at radius 1 is 1.43 bits per heavy atom. The third-order valence-electron chi connectivity index (χ3n) is 5.01. The lowest BCUT2D eigenvalue weighted by Crippen LogP contribution is -2.73. The molecule has 10 heteroatoms. The second-order valence-electron chi connectivity index (χ2n) is 7.19. The van der Waals surface area contributed by atoms with Crippen molar-refractivity contribution in [1.82, 2.24) is 25.0 Å². The third kappa shape index (κ3) is 3.77. The molecule has 2 aliphatic rings. The van der Waals surface area contributed by atoms with E-state index in [9.17, 15) is 9.59 Å². The Morgan fingerprint density at radius 3 is 2.96 bits per heavy atom. The van der Waals surface area contributed by atoms with Crippen LogP contribution in [0.2, 0.25) is 0 Å². The van der Waals surface area contributed by atoms with Crippen LogP contribution in [0.25, 0.3) is 0 Å². The topological polar surface area (TPSA) is 101 Å². The molecule has 4 rings (SSSR count). The molecule has 9 nitrogen and oxygen atoms in total. The van der Waals surface area contributed by atoms with Crippen molar-refractivity contribution in [3.63, 3.8) is 0 Å². The summed E-state index contributed by atoms with van der Waals surface area (Å²) in [6, 6.07) is 7.62. The number of urea groups is 1. The maximum atomic E-state index is 12.5. The molecule has 2 saturated heterocycles. The minimum atomic E-state index is -0.409. The molecule has 2 N–H and O–H groups in total. The Kier molecular flexibility index (Phi) is 4.88. The molecule has 2 aromatic rings. The second kappa shape index (κ2) is 7.34. The van der Waals surface area contributed by atoms with Gasteiger partial charge in [-0.2, -0.15) is 0 Å². The molecule has 0 unspecified atom stereocenters. The zero-order valence-corrected chi connectivity index (χ0v) is 16.5. The van der Waals surface area contributed by atoms with E-state index in [1.165, 1.54) is 0 Å². The lowest BCUT2D eigenvalue weighted by molar-refractivity contribution is 0.0165. The number of hydrogen-bond donors (Lipinski definition) is 2. The number of ether oxygens (including phenoxy) is 1. The van der Waals surface area contributed by atoms with Gasteiger partial charge in [-0.3, -0.25) is 0 Å². The number of hydrogen-bond acceptors (Lipinski definition) is 6. The highest BCUT2D eigenvalue weighted by molar-refractivity contribution is 7.99. The Hall–Kier alpha value is -2.75. The Morgan fingerprint density at radius 2 is 2.25 bits per heavy atom. The summed E-state index contributed by atoms with van der Waals surface area (Å²) in [5.41, 5.74) is 1.49. The largest absolute Gasteiger partial charge is 0.449 e. The monoisotopic (exact) mass is 402 g/mol. The van der Waals surface area contributed by atoms with Crippen molar-refractivity contribution in [2.24, 2.45) is 7.05 Å². The zero-order valence-electron chi connectivity index (χ0n) is 15.7. The van der Waals surface area contributed by atoms with E-state index in [1.807, 2.05) is 35.9 Å². The molecule has 1 atom stereocenters. The van der Waals surface area contributed by atoms with Gasteiger partial charge in [-0.1, -0.05) is 23.9 Å². The Balaban J connectivity index is 1.35. The van der Waals surface area contributed by atoms with Gasteiger partial charge in [0.25, 0.3) is 0 Å². The summed E-state index contributed by atoms with van der Waals surface area (Å²) in [5, 5.41) is 14.8. The maximum Gasteiger partial charge on any atom is 0.407 e. The summed E-state index contributed by atoms with van der Waals surface area (Å²) in [6.45, 7) is 3.47. The highest BCUT2D eigenvalue weighted by Gasteiger charge is 2.48. The highest BCUT2D eigenvalue weighted by Crippen LogP contribution is 2.34. The van der Waals surface area contributed by atoms with E-state index < -0.39 is 6.09 Å². The van der Waals surface area contributed by atoms with Gasteiger partial charge < -0.3 is 24.8 Å². The number of nitrogens with one attached hydrogen (secondary N) is 2. The Labute approximate surface area is 166 Å². The average molecular weight is 402 g/mol. The van der Waals surface area contributed by atoms with Crippen LogP contribution in [0.15, 0.2) is 35.7 Å². The maximum absolute atomic E-state index is 12.5. The fourth-order valence-corrected chi connectivity index (χ4v) is 4.30. The number of aromatic nitrogens is 3. The first-order chi connectivity index (χ1) is 13.4. The lowest BCUT2D eigenvalue weighted by atomic mass is 9.86. The van der Waals surface area contributed by atoms with Gasteiger partial charge in [0.05, 0.1) is 12.1 Å². The fraction of sp³-hybridized carbons (Fsp3) is 0.444. The van der Waals surface area contributed by atoms with Crippen LogP contribution >= 0.6 is 11.8 Å². The number of aryl methyl sites for hydroxylation is 1. The van der Waals surface area contributed by atoms with E-state index in [0.29, 0.717) is 19.7 Å². The molecule has 2 aliphatic heterocycles. The number of carbonyl (C=O) groups is 2. The van der Waals surface area contributed by atoms with Gasteiger partial charge in [0.1, 0.15) is 6.33 Å². The summed E-state index contributed by atoms with van der Waals surface area (Å²) >= 11 is 1.61. The van der Waals surface area contributed by atoms with E-state index in [2.05, 4.69) is 27.8 Å². The predicted molar refractivity (Wildman–Crippen MR) is 104 cm³/mol. The van der Waals surface area contributed by atoms with Crippen molar-refractivity contribution >= 4 is 29.6 Å². The molecular weight excluding hydrogens is 380 g/mol. The predicted octanol–water partition coefficient (Wildman–Crippen LogP) is 2.38. The standard InChI is InChI=1S/C18H22N6O3S/c1-12(28-16-22-19-11-23(16)2)13-4-3-5-14(8-13)20-15(25)24-9-18(10-24)6-7-27-17(26)21-18/h3-5,8,11-12H,6-7,9-10H2,1-2H3,(H,20,25)(H,21,26)/t12-/m0/s1. The van der Waals surface area contributed by atoms with E-state index in [0.717, 1.165) is 22.8 Å².